The van der Waals surface area contributed by atoms with Crippen molar-refractivity contribution >= 4 is 5.91 Å². The minimum absolute atomic E-state index is 0.00863. The predicted molar refractivity (Wildman–Crippen MR) is 71.9 cm³/mol. The molecule has 0 bridgehead atoms. The van der Waals surface area contributed by atoms with Crippen molar-refractivity contribution in [3.63, 3.8) is 0 Å². The van der Waals surface area contributed by atoms with Gasteiger partial charge in [0.05, 0.1) is 12.4 Å². The number of nitrogens with one attached hydrogen (secondary N) is 1. The zero-order valence-electron chi connectivity index (χ0n) is 11.6. The Bertz CT molecular complexity index is 438. The first kappa shape index (κ1) is 13.9. The van der Waals surface area contributed by atoms with Gasteiger partial charge in [-0.2, -0.15) is 5.10 Å². The second-order valence-corrected chi connectivity index (χ2v) is 5.42. The highest BCUT2D eigenvalue weighted by atomic mass is 16.5. The molecule has 0 saturated heterocycles. The Morgan fingerprint density at radius 1 is 1.63 bits per heavy atom. The molecule has 1 aromatic heterocycles. The Morgan fingerprint density at radius 3 is 2.95 bits per heavy atom. The van der Waals surface area contributed by atoms with Crippen LogP contribution in [0.15, 0.2) is 12.4 Å². The number of amides is 1. The molecule has 1 aliphatic carbocycles. The van der Waals surface area contributed by atoms with Crippen LogP contribution in [0.3, 0.4) is 0 Å². The number of nitrogens with zero attached hydrogens (tertiary/aromatic N) is 2. The lowest BCUT2D eigenvalue weighted by Gasteiger charge is -2.31. The number of carbonyl (C=O) groups excluding carboxylic acids is 1. The standard InChI is InChI=1S/C13H22N4O2/c1-13(2,12(18)16-10-4-3-5-10)17-9-11(8-15-17)19-7-6-14/h8-10H,3-7,14H2,1-2H3,(H,16,18). The average Bonchev–Trinajstić information content (AvgIpc) is 2.80. The van der Waals surface area contributed by atoms with Crippen LogP contribution in [0.25, 0.3) is 0 Å². The van der Waals surface area contributed by atoms with Crippen molar-refractivity contribution < 1.29 is 9.53 Å². The molecule has 0 unspecified atom stereocenters. The first-order chi connectivity index (χ1) is 9.04. The molecule has 1 heterocycles. The normalized spacial score (nSPS) is 15.9. The monoisotopic (exact) mass is 266 g/mol. The van der Waals surface area contributed by atoms with Gasteiger partial charge in [0, 0.05) is 12.6 Å². The lowest BCUT2D eigenvalue weighted by atomic mass is 9.92. The molecule has 3 N–H and O–H groups in total. The Hall–Kier alpha value is -1.56. The molecule has 1 saturated carbocycles. The summed E-state index contributed by atoms with van der Waals surface area (Å²) in [5, 5.41) is 7.25. The molecule has 6 heteroatoms. The summed E-state index contributed by atoms with van der Waals surface area (Å²) >= 11 is 0. The van der Waals surface area contributed by atoms with E-state index in [1.807, 2.05) is 13.8 Å². The molecule has 1 fully saturated rings. The molecule has 0 aromatic carbocycles. The molecular weight excluding hydrogens is 244 g/mol. The molecule has 0 atom stereocenters. The largest absolute Gasteiger partial charge is 0.489 e. The highest BCUT2D eigenvalue weighted by Gasteiger charge is 2.33. The number of ether oxygens (including phenoxy) is 1. The molecule has 1 amide bonds. The number of carbonyl (C=O) groups is 1. The third kappa shape index (κ3) is 3.07. The molecule has 6 nitrogen and oxygen atoms in total. The average molecular weight is 266 g/mol. The molecule has 106 valence electrons. The van der Waals surface area contributed by atoms with Crippen LogP contribution in [0.1, 0.15) is 33.1 Å². The lowest BCUT2D eigenvalue weighted by molar-refractivity contribution is -0.130. The topological polar surface area (TPSA) is 82.2 Å². The van der Waals surface area contributed by atoms with Crippen LogP contribution in [0.5, 0.6) is 5.75 Å². The Morgan fingerprint density at radius 2 is 2.37 bits per heavy atom. The fourth-order valence-corrected chi connectivity index (χ4v) is 1.88. The van der Waals surface area contributed by atoms with Crippen LogP contribution >= 0.6 is 0 Å². The highest BCUT2D eigenvalue weighted by molar-refractivity contribution is 5.83. The number of rotatable bonds is 6. The van der Waals surface area contributed by atoms with Gasteiger partial charge in [-0.05, 0) is 33.1 Å². The molecule has 2 rings (SSSR count). The summed E-state index contributed by atoms with van der Waals surface area (Å²) in [5.41, 5.74) is 4.66. The maximum atomic E-state index is 12.3. The van der Waals surface area contributed by atoms with E-state index in [0.717, 1.165) is 12.8 Å². The summed E-state index contributed by atoms with van der Waals surface area (Å²) in [7, 11) is 0. The van der Waals surface area contributed by atoms with Crippen molar-refractivity contribution in [2.24, 2.45) is 5.73 Å². The summed E-state index contributed by atoms with van der Waals surface area (Å²) < 4.78 is 7.02. The molecule has 0 spiro atoms. The van der Waals surface area contributed by atoms with Crippen molar-refractivity contribution in [2.45, 2.75) is 44.7 Å². The summed E-state index contributed by atoms with van der Waals surface area (Å²) in [6.45, 7) is 4.60. The second kappa shape index (κ2) is 5.61. The van der Waals surface area contributed by atoms with E-state index in [9.17, 15) is 4.79 Å². The van der Waals surface area contributed by atoms with Crippen LogP contribution in [0.4, 0.5) is 0 Å². The van der Waals surface area contributed by atoms with Gasteiger partial charge >= 0.3 is 0 Å². The third-order valence-corrected chi connectivity index (χ3v) is 3.51. The van der Waals surface area contributed by atoms with Crippen molar-refractivity contribution in [1.82, 2.24) is 15.1 Å². The van der Waals surface area contributed by atoms with E-state index >= 15 is 0 Å². The molecular formula is C13H22N4O2. The molecule has 19 heavy (non-hydrogen) atoms. The Labute approximate surface area is 113 Å². The lowest BCUT2D eigenvalue weighted by Crippen LogP contribution is -2.50. The van der Waals surface area contributed by atoms with E-state index in [1.54, 1.807) is 17.1 Å². The summed E-state index contributed by atoms with van der Waals surface area (Å²) in [4.78, 5) is 12.3. The van der Waals surface area contributed by atoms with Gasteiger partial charge < -0.3 is 15.8 Å². The first-order valence-electron chi connectivity index (χ1n) is 6.73. The van der Waals surface area contributed by atoms with Gasteiger partial charge in [-0.3, -0.25) is 9.48 Å². The molecule has 0 aliphatic heterocycles. The molecule has 1 aliphatic rings. The van der Waals surface area contributed by atoms with E-state index in [0.29, 0.717) is 24.9 Å². The van der Waals surface area contributed by atoms with Gasteiger partial charge in [0.1, 0.15) is 12.1 Å². The minimum Gasteiger partial charge on any atom is -0.489 e. The zero-order valence-corrected chi connectivity index (χ0v) is 11.6. The number of nitrogens with two attached hydrogens (primary N) is 1. The predicted octanol–water partition coefficient (Wildman–Crippen LogP) is 0.624. The first-order valence-corrected chi connectivity index (χ1v) is 6.73. The Balaban J connectivity index is 2.00. The van der Waals surface area contributed by atoms with Crippen LogP contribution in [-0.4, -0.2) is 34.9 Å². The van der Waals surface area contributed by atoms with Gasteiger partial charge in [0.15, 0.2) is 5.75 Å². The SMILES string of the molecule is CC(C)(C(=O)NC1CCC1)n1cc(OCCN)cn1. The fourth-order valence-electron chi connectivity index (χ4n) is 1.88. The van der Waals surface area contributed by atoms with Crippen molar-refractivity contribution in [1.29, 1.82) is 0 Å². The zero-order chi connectivity index (χ0) is 13.9. The maximum Gasteiger partial charge on any atom is 0.247 e. The van der Waals surface area contributed by atoms with E-state index in [4.69, 9.17) is 10.5 Å². The van der Waals surface area contributed by atoms with Gasteiger partial charge in [0.25, 0.3) is 0 Å². The van der Waals surface area contributed by atoms with E-state index < -0.39 is 5.54 Å². The maximum absolute atomic E-state index is 12.3. The van der Waals surface area contributed by atoms with E-state index in [-0.39, 0.29) is 5.91 Å². The Kier molecular flexibility index (Phi) is 4.09. The van der Waals surface area contributed by atoms with E-state index in [2.05, 4.69) is 10.4 Å². The van der Waals surface area contributed by atoms with Crippen molar-refractivity contribution in [3.05, 3.63) is 12.4 Å². The number of hydrogen-bond donors (Lipinski definition) is 2. The summed E-state index contributed by atoms with van der Waals surface area (Å²) in [6, 6.07) is 0.329. The van der Waals surface area contributed by atoms with Crippen LogP contribution in [0, 0.1) is 0 Å². The van der Waals surface area contributed by atoms with Crippen molar-refractivity contribution in [2.75, 3.05) is 13.2 Å². The molecule has 1 aromatic rings. The van der Waals surface area contributed by atoms with Crippen LogP contribution in [-0.2, 0) is 10.3 Å². The third-order valence-electron chi connectivity index (χ3n) is 3.51. The smallest absolute Gasteiger partial charge is 0.247 e. The summed E-state index contributed by atoms with van der Waals surface area (Å²) in [5.74, 6) is 0.626. The minimum atomic E-state index is -0.722. The second-order valence-electron chi connectivity index (χ2n) is 5.42. The fraction of sp³-hybridized carbons (Fsp3) is 0.692. The van der Waals surface area contributed by atoms with Gasteiger partial charge in [-0.1, -0.05) is 0 Å². The van der Waals surface area contributed by atoms with Crippen molar-refractivity contribution in [3.8, 4) is 5.75 Å². The van der Waals surface area contributed by atoms with Gasteiger partial charge in [0.2, 0.25) is 5.91 Å². The highest BCUT2D eigenvalue weighted by Crippen LogP contribution is 2.22. The summed E-state index contributed by atoms with van der Waals surface area (Å²) in [6.07, 6.45) is 6.69. The van der Waals surface area contributed by atoms with Crippen LogP contribution < -0.4 is 15.8 Å². The quantitative estimate of drug-likeness (QED) is 0.791. The number of aromatic nitrogens is 2. The van der Waals surface area contributed by atoms with Gasteiger partial charge in [-0.15, -0.1) is 0 Å². The van der Waals surface area contributed by atoms with Crippen LogP contribution in [0.2, 0.25) is 0 Å². The van der Waals surface area contributed by atoms with Gasteiger partial charge in [-0.25, -0.2) is 0 Å². The number of hydrogen-bond acceptors (Lipinski definition) is 4. The van der Waals surface area contributed by atoms with E-state index in [1.165, 1.54) is 6.42 Å². The molecule has 0 radical (unpaired) electrons.